The smallest absolute Gasteiger partial charge is 0.243 e. The van der Waals surface area contributed by atoms with E-state index in [1.54, 1.807) is 13.1 Å². The van der Waals surface area contributed by atoms with Crippen molar-refractivity contribution in [2.75, 3.05) is 33.4 Å². The summed E-state index contributed by atoms with van der Waals surface area (Å²) in [5.41, 5.74) is 0. The van der Waals surface area contributed by atoms with Crippen LogP contribution in [-0.2, 0) is 9.53 Å². The molecule has 1 unspecified atom stereocenters. The van der Waals surface area contributed by atoms with Crippen LogP contribution in [0.3, 0.4) is 0 Å². The van der Waals surface area contributed by atoms with Gasteiger partial charge >= 0.3 is 0 Å². The third-order valence-electron chi connectivity index (χ3n) is 2.89. The molecular weight excluding hydrogens is 204 g/mol. The standard InChI is InChI=1S/C12H22N2O2/c1-4-14(11-8-16-9-11)7-10(2)5-6-12(15)13-3/h5-6,10-11H,4,7-9H2,1-3H3,(H,13,15). The number of nitrogens with zero attached hydrogens (tertiary/aromatic N) is 1. The second-order valence-electron chi connectivity index (χ2n) is 4.23. The van der Waals surface area contributed by atoms with E-state index in [2.05, 4.69) is 24.1 Å². The van der Waals surface area contributed by atoms with E-state index in [0.29, 0.717) is 12.0 Å². The molecule has 1 aliphatic heterocycles. The van der Waals surface area contributed by atoms with E-state index < -0.39 is 0 Å². The molecule has 0 saturated carbocycles. The van der Waals surface area contributed by atoms with Gasteiger partial charge in [0.1, 0.15) is 0 Å². The Kier molecular flexibility index (Phi) is 5.49. The molecule has 1 fully saturated rings. The van der Waals surface area contributed by atoms with E-state index in [0.717, 1.165) is 26.3 Å². The first-order valence-electron chi connectivity index (χ1n) is 5.89. The Balaban J connectivity index is 2.33. The lowest BCUT2D eigenvalue weighted by Crippen LogP contribution is -2.50. The van der Waals surface area contributed by atoms with E-state index in [4.69, 9.17) is 4.74 Å². The van der Waals surface area contributed by atoms with E-state index in [-0.39, 0.29) is 5.91 Å². The van der Waals surface area contributed by atoms with Crippen molar-refractivity contribution in [1.82, 2.24) is 10.2 Å². The third-order valence-corrected chi connectivity index (χ3v) is 2.89. The molecule has 0 bridgehead atoms. The van der Waals surface area contributed by atoms with Gasteiger partial charge in [-0.25, -0.2) is 0 Å². The first-order valence-corrected chi connectivity index (χ1v) is 5.89. The highest BCUT2D eigenvalue weighted by Crippen LogP contribution is 2.12. The molecule has 92 valence electrons. The van der Waals surface area contributed by atoms with Crippen molar-refractivity contribution in [3.63, 3.8) is 0 Å². The first kappa shape index (κ1) is 13.2. The normalized spacial score (nSPS) is 18.8. The minimum atomic E-state index is -0.0399. The minimum Gasteiger partial charge on any atom is -0.378 e. The topological polar surface area (TPSA) is 41.6 Å². The number of carbonyl (C=O) groups is 1. The van der Waals surface area contributed by atoms with Crippen molar-refractivity contribution in [3.8, 4) is 0 Å². The Hall–Kier alpha value is -0.870. The molecule has 4 heteroatoms. The number of nitrogens with one attached hydrogen (secondary N) is 1. The summed E-state index contributed by atoms with van der Waals surface area (Å²) in [6.07, 6.45) is 3.57. The van der Waals surface area contributed by atoms with Gasteiger partial charge in [0.05, 0.1) is 19.3 Å². The van der Waals surface area contributed by atoms with Gasteiger partial charge in [-0.15, -0.1) is 0 Å². The van der Waals surface area contributed by atoms with Crippen molar-refractivity contribution in [2.45, 2.75) is 19.9 Å². The summed E-state index contributed by atoms with van der Waals surface area (Å²) in [5.74, 6) is 0.347. The molecule has 1 atom stereocenters. The van der Waals surface area contributed by atoms with Crippen molar-refractivity contribution in [3.05, 3.63) is 12.2 Å². The maximum atomic E-state index is 11.0. The Bertz CT molecular complexity index is 249. The van der Waals surface area contributed by atoms with E-state index in [1.807, 2.05) is 6.08 Å². The number of carbonyl (C=O) groups excluding carboxylic acids is 1. The zero-order valence-corrected chi connectivity index (χ0v) is 10.4. The number of rotatable bonds is 6. The highest BCUT2D eigenvalue weighted by molar-refractivity contribution is 5.87. The lowest BCUT2D eigenvalue weighted by Gasteiger charge is -2.37. The van der Waals surface area contributed by atoms with Crippen LogP contribution in [0.4, 0.5) is 0 Å². The molecular formula is C12H22N2O2. The summed E-state index contributed by atoms with van der Waals surface area (Å²) in [7, 11) is 1.64. The molecule has 1 rings (SSSR count). The van der Waals surface area contributed by atoms with Gasteiger partial charge in [-0.05, 0) is 18.5 Å². The lowest BCUT2D eigenvalue weighted by molar-refractivity contribution is -0.116. The maximum absolute atomic E-state index is 11.0. The highest BCUT2D eigenvalue weighted by atomic mass is 16.5. The van der Waals surface area contributed by atoms with Gasteiger partial charge < -0.3 is 10.1 Å². The average Bonchev–Trinajstić information content (AvgIpc) is 2.22. The molecule has 1 aliphatic rings. The van der Waals surface area contributed by atoms with Gasteiger partial charge in [-0.2, -0.15) is 0 Å². The molecule has 1 N–H and O–H groups in total. The van der Waals surface area contributed by atoms with Gasteiger partial charge in [0.2, 0.25) is 5.91 Å². The van der Waals surface area contributed by atoms with Crippen molar-refractivity contribution < 1.29 is 9.53 Å². The van der Waals surface area contributed by atoms with Crippen LogP contribution in [0.2, 0.25) is 0 Å². The fourth-order valence-electron chi connectivity index (χ4n) is 1.74. The Morgan fingerprint density at radius 3 is 2.75 bits per heavy atom. The molecule has 4 nitrogen and oxygen atoms in total. The Morgan fingerprint density at radius 2 is 2.31 bits per heavy atom. The van der Waals surface area contributed by atoms with Gasteiger partial charge in [0.25, 0.3) is 0 Å². The number of ether oxygens (including phenoxy) is 1. The van der Waals surface area contributed by atoms with Gasteiger partial charge in [-0.3, -0.25) is 9.69 Å². The number of hydrogen-bond acceptors (Lipinski definition) is 3. The fraction of sp³-hybridized carbons (Fsp3) is 0.750. The number of hydrogen-bond donors (Lipinski definition) is 1. The quantitative estimate of drug-likeness (QED) is 0.676. The average molecular weight is 226 g/mol. The SMILES string of the molecule is CCN(CC(C)C=CC(=O)NC)C1COC1. The molecule has 0 aromatic rings. The summed E-state index contributed by atoms with van der Waals surface area (Å²) in [4.78, 5) is 13.4. The van der Waals surface area contributed by atoms with Crippen LogP contribution in [-0.4, -0.2) is 50.2 Å². The van der Waals surface area contributed by atoms with Crippen molar-refractivity contribution in [2.24, 2.45) is 5.92 Å². The molecule has 0 aliphatic carbocycles. The molecule has 0 aromatic heterocycles. The van der Waals surface area contributed by atoms with Crippen LogP contribution in [0.5, 0.6) is 0 Å². The van der Waals surface area contributed by atoms with Gasteiger partial charge in [-0.1, -0.05) is 19.9 Å². The minimum absolute atomic E-state index is 0.0399. The van der Waals surface area contributed by atoms with Gasteiger partial charge in [0.15, 0.2) is 0 Å². The second-order valence-corrected chi connectivity index (χ2v) is 4.23. The first-order chi connectivity index (χ1) is 7.67. The van der Waals surface area contributed by atoms with E-state index in [1.165, 1.54) is 0 Å². The van der Waals surface area contributed by atoms with Crippen LogP contribution in [0, 0.1) is 5.92 Å². The molecule has 16 heavy (non-hydrogen) atoms. The highest BCUT2D eigenvalue weighted by Gasteiger charge is 2.25. The largest absolute Gasteiger partial charge is 0.378 e. The molecule has 0 aromatic carbocycles. The lowest BCUT2D eigenvalue weighted by atomic mass is 10.1. The molecule has 1 heterocycles. The predicted molar refractivity (Wildman–Crippen MR) is 64.2 cm³/mol. The van der Waals surface area contributed by atoms with E-state index >= 15 is 0 Å². The van der Waals surface area contributed by atoms with Crippen LogP contribution in [0.25, 0.3) is 0 Å². The Labute approximate surface area is 97.6 Å². The molecule has 0 spiro atoms. The van der Waals surface area contributed by atoms with Gasteiger partial charge in [0, 0.05) is 13.6 Å². The Morgan fingerprint density at radius 1 is 1.62 bits per heavy atom. The number of amides is 1. The number of likely N-dealkylation sites (N-methyl/N-ethyl adjacent to an activating group) is 2. The summed E-state index contributed by atoms with van der Waals surface area (Å²) < 4.78 is 5.19. The summed E-state index contributed by atoms with van der Waals surface area (Å²) >= 11 is 0. The molecule has 0 radical (unpaired) electrons. The second kappa shape index (κ2) is 6.66. The van der Waals surface area contributed by atoms with E-state index in [9.17, 15) is 4.79 Å². The predicted octanol–water partition coefficient (Wildman–Crippen LogP) is 0.645. The summed E-state index contributed by atoms with van der Waals surface area (Å²) in [6, 6.07) is 0.570. The zero-order valence-electron chi connectivity index (χ0n) is 10.4. The van der Waals surface area contributed by atoms with Crippen molar-refractivity contribution in [1.29, 1.82) is 0 Å². The van der Waals surface area contributed by atoms with Crippen LogP contribution in [0.15, 0.2) is 12.2 Å². The molecule has 1 amide bonds. The summed E-state index contributed by atoms with van der Waals surface area (Å²) in [6.45, 7) is 8.00. The summed E-state index contributed by atoms with van der Waals surface area (Å²) in [5, 5.41) is 2.57. The van der Waals surface area contributed by atoms with Crippen LogP contribution in [0.1, 0.15) is 13.8 Å². The third kappa shape index (κ3) is 3.94. The zero-order chi connectivity index (χ0) is 12.0. The van der Waals surface area contributed by atoms with Crippen LogP contribution >= 0.6 is 0 Å². The monoisotopic (exact) mass is 226 g/mol. The molecule has 1 saturated heterocycles. The fourth-order valence-corrected chi connectivity index (χ4v) is 1.74. The van der Waals surface area contributed by atoms with Crippen molar-refractivity contribution >= 4 is 5.91 Å². The maximum Gasteiger partial charge on any atom is 0.243 e. The van der Waals surface area contributed by atoms with Crippen LogP contribution < -0.4 is 5.32 Å².